The lowest BCUT2D eigenvalue weighted by atomic mass is 10.1. The second kappa shape index (κ2) is 7.83. The van der Waals surface area contributed by atoms with E-state index in [1.54, 1.807) is 0 Å². The first-order valence-electron chi connectivity index (χ1n) is 9.45. The summed E-state index contributed by atoms with van der Waals surface area (Å²) < 4.78 is 7.41. The van der Waals surface area contributed by atoms with E-state index in [0.717, 1.165) is 43.9 Å². The lowest BCUT2D eigenvalue weighted by Gasteiger charge is -2.23. The van der Waals surface area contributed by atoms with E-state index < -0.39 is 0 Å². The number of hydrogen-bond donors (Lipinski definition) is 0. The third kappa shape index (κ3) is 3.85. The molecule has 1 aromatic carbocycles. The number of likely N-dealkylation sites (tertiary alicyclic amines) is 1. The third-order valence-electron chi connectivity index (χ3n) is 5.09. The summed E-state index contributed by atoms with van der Waals surface area (Å²) in [6.45, 7) is 5.17. The van der Waals surface area contributed by atoms with Crippen LogP contribution in [0, 0.1) is 0 Å². The van der Waals surface area contributed by atoms with Gasteiger partial charge in [-0.1, -0.05) is 23.4 Å². The van der Waals surface area contributed by atoms with E-state index in [0.29, 0.717) is 11.9 Å². The van der Waals surface area contributed by atoms with E-state index in [1.165, 1.54) is 18.4 Å². The van der Waals surface area contributed by atoms with E-state index in [4.69, 9.17) is 4.52 Å². The molecule has 1 aliphatic heterocycles. The molecule has 1 fully saturated rings. The Hall–Kier alpha value is -2.47. The Labute approximate surface area is 153 Å². The predicted octanol–water partition coefficient (Wildman–Crippen LogP) is 3.55. The van der Waals surface area contributed by atoms with Crippen molar-refractivity contribution in [2.45, 2.75) is 51.7 Å². The van der Waals surface area contributed by atoms with Crippen molar-refractivity contribution >= 4 is 0 Å². The maximum absolute atomic E-state index is 5.42. The molecule has 6 heteroatoms. The van der Waals surface area contributed by atoms with Crippen molar-refractivity contribution < 1.29 is 4.52 Å². The highest BCUT2D eigenvalue weighted by Gasteiger charge is 2.25. The number of rotatable bonds is 7. The molecule has 26 heavy (non-hydrogen) atoms. The van der Waals surface area contributed by atoms with Gasteiger partial charge in [0, 0.05) is 42.9 Å². The molecule has 0 amide bonds. The molecule has 0 radical (unpaired) electrons. The van der Waals surface area contributed by atoms with Gasteiger partial charge in [-0.3, -0.25) is 9.58 Å². The topological polar surface area (TPSA) is 60.0 Å². The average molecular weight is 351 g/mol. The van der Waals surface area contributed by atoms with Gasteiger partial charge in [-0.05, 0) is 44.9 Å². The average Bonchev–Trinajstić information content (AvgIpc) is 3.42. The number of nitrogens with zero attached hydrogens (tertiary/aromatic N) is 5. The fraction of sp³-hybridized carbons (Fsp3) is 0.450. The van der Waals surface area contributed by atoms with Crippen LogP contribution in [0.4, 0.5) is 0 Å². The quantitative estimate of drug-likeness (QED) is 0.651. The van der Waals surface area contributed by atoms with Gasteiger partial charge in [0.2, 0.25) is 0 Å². The Balaban J connectivity index is 1.34. The Morgan fingerprint density at radius 1 is 1.23 bits per heavy atom. The van der Waals surface area contributed by atoms with E-state index >= 15 is 0 Å². The lowest BCUT2D eigenvalue weighted by molar-refractivity contribution is 0.233. The Bertz CT molecular complexity index is 826. The van der Waals surface area contributed by atoms with Gasteiger partial charge in [0.1, 0.15) is 0 Å². The number of aryl methyl sites for hydroxylation is 2. The first-order chi connectivity index (χ1) is 12.8. The van der Waals surface area contributed by atoms with Gasteiger partial charge >= 0.3 is 0 Å². The second-order valence-electron chi connectivity index (χ2n) is 6.89. The number of aromatic nitrogens is 4. The Morgan fingerprint density at radius 3 is 2.92 bits per heavy atom. The molecule has 0 N–H and O–H groups in total. The van der Waals surface area contributed by atoms with Crippen LogP contribution in [-0.4, -0.2) is 37.4 Å². The molecule has 136 valence electrons. The predicted molar refractivity (Wildman–Crippen MR) is 99.4 cm³/mol. The Morgan fingerprint density at radius 2 is 2.12 bits per heavy atom. The fourth-order valence-corrected chi connectivity index (χ4v) is 3.67. The third-order valence-corrected chi connectivity index (χ3v) is 5.09. The van der Waals surface area contributed by atoms with E-state index in [1.807, 2.05) is 41.2 Å². The zero-order chi connectivity index (χ0) is 17.8. The molecule has 2 aromatic heterocycles. The minimum absolute atomic E-state index is 0.582. The van der Waals surface area contributed by atoms with Crippen molar-refractivity contribution in [2.75, 3.05) is 6.54 Å². The highest BCUT2D eigenvalue weighted by Crippen LogP contribution is 2.24. The summed E-state index contributed by atoms with van der Waals surface area (Å²) >= 11 is 0. The van der Waals surface area contributed by atoms with Gasteiger partial charge in [-0.2, -0.15) is 10.1 Å². The molecular weight excluding hydrogens is 326 g/mol. The molecule has 0 saturated carbocycles. The van der Waals surface area contributed by atoms with Crippen LogP contribution in [0.2, 0.25) is 0 Å². The maximum Gasteiger partial charge on any atom is 0.257 e. The van der Waals surface area contributed by atoms with Crippen LogP contribution in [0.5, 0.6) is 0 Å². The van der Waals surface area contributed by atoms with E-state index in [2.05, 4.69) is 33.3 Å². The summed E-state index contributed by atoms with van der Waals surface area (Å²) in [4.78, 5) is 7.12. The van der Waals surface area contributed by atoms with Crippen molar-refractivity contribution in [3.8, 4) is 11.5 Å². The highest BCUT2D eigenvalue weighted by atomic mass is 16.5. The van der Waals surface area contributed by atoms with Gasteiger partial charge in [0.05, 0.1) is 6.20 Å². The molecule has 0 aliphatic carbocycles. The highest BCUT2D eigenvalue weighted by molar-refractivity contribution is 5.51. The largest absolute Gasteiger partial charge is 0.334 e. The minimum atomic E-state index is 0.582. The summed E-state index contributed by atoms with van der Waals surface area (Å²) in [5.41, 5.74) is 2.27. The summed E-state index contributed by atoms with van der Waals surface area (Å²) in [5, 5.41) is 8.54. The normalized spacial score (nSPS) is 17.8. The summed E-state index contributed by atoms with van der Waals surface area (Å²) in [5.74, 6) is 1.41. The Kier molecular flexibility index (Phi) is 5.11. The molecule has 1 atom stereocenters. The molecule has 1 unspecified atom stereocenters. The van der Waals surface area contributed by atoms with Crippen LogP contribution in [0.3, 0.4) is 0 Å². The standard InChI is InChI=1S/C20H25N5O/c1-2-25-15-16(13-21-25)14-24-12-6-9-18(24)10-11-19-22-20(26-23-19)17-7-4-3-5-8-17/h3-5,7-8,13,15,18H,2,6,9-12,14H2,1H3. The monoisotopic (exact) mass is 351 g/mol. The minimum Gasteiger partial charge on any atom is -0.334 e. The van der Waals surface area contributed by atoms with Gasteiger partial charge in [-0.15, -0.1) is 0 Å². The van der Waals surface area contributed by atoms with Crippen molar-refractivity contribution in [2.24, 2.45) is 0 Å². The van der Waals surface area contributed by atoms with Crippen LogP contribution in [0.15, 0.2) is 47.2 Å². The number of hydrogen-bond acceptors (Lipinski definition) is 5. The van der Waals surface area contributed by atoms with Crippen LogP contribution in [-0.2, 0) is 19.5 Å². The summed E-state index contributed by atoms with van der Waals surface area (Å²) in [7, 11) is 0. The van der Waals surface area contributed by atoms with Crippen LogP contribution >= 0.6 is 0 Å². The number of benzene rings is 1. The molecule has 3 heterocycles. The van der Waals surface area contributed by atoms with Crippen molar-refractivity contribution in [1.82, 2.24) is 24.8 Å². The van der Waals surface area contributed by atoms with Crippen LogP contribution in [0.25, 0.3) is 11.5 Å². The van der Waals surface area contributed by atoms with Crippen molar-refractivity contribution in [3.05, 3.63) is 54.1 Å². The lowest BCUT2D eigenvalue weighted by Crippen LogP contribution is -2.29. The van der Waals surface area contributed by atoms with E-state index in [-0.39, 0.29) is 0 Å². The SMILES string of the molecule is CCn1cc(CN2CCCC2CCc2noc(-c3ccccc3)n2)cn1. The van der Waals surface area contributed by atoms with Gasteiger partial charge in [0.15, 0.2) is 5.82 Å². The molecule has 6 nitrogen and oxygen atoms in total. The van der Waals surface area contributed by atoms with Gasteiger partial charge in [-0.25, -0.2) is 0 Å². The van der Waals surface area contributed by atoms with Crippen molar-refractivity contribution in [1.29, 1.82) is 0 Å². The van der Waals surface area contributed by atoms with Crippen LogP contribution < -0.4 is 0 Å². The molecular formula is C20H25N5O. The van der Waals surface area contributed by atoms with Gasteiger partial charge in [0.25, 0.3) is 5.89 Å². The summed E-state index contributed by atoms with van der Waals surface area (Å²) in [6, 6.07) is 10.5. The zero-order valence-corrected chi connectivity index (χ0v) is 15.2. The molecule has 1 saturated heterocycles. The zero-order valence-electron chi connectivity index (χ0n) is 15.2. The van der Waals surface area contributed by atoms with Crippen LogP contribution in [0.1, 0.15) is 37.6 Å². The molecule has 4 rings (SSSR count). The molecule has 0 bridgehead atoms. The smallest absolute Gasteiger partial charge is 0.257 e. The summed E-state index contributed by atoms with van der Waals surface area (Å²) in [6.07, 6.45) is 8.56. The van der Waals surface area contributed by atoms with Crippen molar-refractivity contribution in [3.63, 3.8) is 0 Å². The maximum atomic E-state index is 5.42. The molecule has 0 spiro atoms. The molecule has 3 aromatic rings. The first-order valence-corrected chi connectivity index (χ1v) is 9.45. The first kappa shape index (κ1) is 17.0. The second-order valence-corrected chi connectivity index (χ2v) is 6.89. The van der Waals surface area contributed by atoms with Gasteiger partial charge < -0.3 is 4.52 Å². The fourth-order valence-electron chi connectivity index (χ4n) is 3.67. The molecule has 1 aliphatic rings. The van der Waals surface area contributed by atoms with E-state index in [9.17, 15) is 0 Å².